The smallest absolute Gasteiger partial charge is 0.338 e. The van der Waals surface area contributed by atoms with Crippen LogP contribution in [0.1, 0.15) is 16.1 Å². The van der Waals surface area contributed by atoms with Crippen molar-refractivity contribution in [2.75, 3.05) is 25.6 Å². The fraction of sp³-hybridized carbons (Fsp3) is 0.200. The lowest BCUT2D eigenvalue weighted by Crippen LogP contribution is -2.11. The van der Waals surface area contributed by atoms with Crippen LogP contribution in [0.15, 0.2) is 59.2 Å². The highest BCUT2D eigenvalue weighted by Gasteiger charge is 2.19. The van der Waals surface area contributed by atoms with Crippen molar-refractivity contribution in [2.24, 2.45) is 0 Å². The molecule has 3 rings (SSSR count). The largest absolute Gasteiger partial charge is 0.455 e. The van der Waals surface area contributed by atoms with Gasteiger partial charge in [-0.1, -0.05) is 18.2 Å². The third-order valence-electron chi connectivity index (χ3n) is 3.98. The summed E-state index contributed by atoms with van der Waals surface area (Å²) >= 11 is 0. The molecule has 0 aliphatic rings. The lowest BCUT2D eigenvalue weighted by Gasteiger charge is -2.08. The Balaban J connectivity index is 1.65. The van der Waals surface area contributed by atoms with Gasteiger partial charge in [-0.2, -0.15) is 0 Å². The fourth-order valence-corrected chi connectivity index (χ4v) is 2.56. The van der Waals surface area contributed by atoms with Crippen LogP contribution >= 0.6 is 0 Å². The molecule has 0 aliphatic heterocycles. The van der Waals surface area contributed by atoms with E-state index in [1.165, 1.54) is 31.6 Å². The number of rotatable bonds is 9. The molecule has 0 radical (unpaired) electrons. The Hall–Kier alpha value is -3.72. The number of hydrogen-bond acceptors (Lipinski definition) is 8. The second-order valence-electron chi connectivity index (χ2n) is 5.99. The van der Waals surface area contributed by atoms with E-state index in [2.05, 4.69) is 10.3 Å². The van der Waals surface area contributed by atoms with Crippen molar-refractivity contribution < 1.29 is 23.6 Å². The molecule has 3 aromatic rings. The zero-order chi connectivity index (χ0) is 20.6. The number of carbonyl (C=O) groups is 1. The minimum atomic E-state index is -0.694. The average molecular weight is 397 g/mol. The van der Waals surface area contributed by atoms with Gasteiger partial charge < -0.3 is 19.2 Å². The summed E-state index contributed by atoms with van der Waals surface area (Å²) in [6.45, 7) is 0.678. The maximum absolute atomic E-state index is 12.3. The molecule has 0 fully saturated rings. The van der Waals surface area contributed by atoms with Crippen molar-refractivity contribution in [3.8, 4) is 11.5 Å². The molecule has 0 atom stereocenters. The molecule has 0 amide bonds. The summed E-state index contributed by atoms with van der Waals surface area (Å²) < 4.78 is 15.5. The number of oxazole rings is 1. The summed E-state index contributed by atoms with van der Waals surface area (Å²) in [6, 6.07) is 13.4. The Bertz CT molecular complexity index is 987. The maximum Gasteiger partial charge on any atom is 0.338 e. The summed E-state index contributed by atoms with van der Waals surface area (Å²) in [6.07, 6.45) is 1.40. The molecular formula is C20H19N3O6. The molecule has 9 heteroatoms. The summed E-state index contributed by atoms with van der Waals surface area (Å²) in [4.78, 5) is 27.3. The lowest BCUT2D eigenvalue weighted by atomic mass is 10.1. The minimum Gasteiger partial charge on any atom is -0.455 e. The van der Waals surface area contributed by atoms with E-state index in [0.29, 0.717) is 30.4 Å². The summed E-state index contributed by atoms with van der Waals surface area (Å²) in [5, 5.41) is 14.2. The van der Waals surface area contributed by atoms with Crippen molar-refractivity contribution in [1.29, 1.82) is 0 Å². The highest BCUT2D eigenvalue weighted by atomic mass is 16.6. The van der Waals surface area contributed by atoms with Crippen molar-refractivity contribution in [2.45, 2.75) is 6.61 Å². The van der Waals surface area contributed by atoms with Crippen LogP contribution in [0.4, 0.5) is 11.4 Å². The van der Waals surface area contributed by atoms with Crippen LogP contribution in [0, 0.1) is 10.1 Å². The van der Waals surface area contributed by atoms with Gasteiger partial charge >= 0.3 is 5.97 Å². The van der Waals surface area contributed by atoms with E-state index in [1.807, 2.05) is 30.3 Å². The first-order valence-corrected chi connectivity index (χ1v) is 8.76. The van der Waals surface area contributed by atoms with E-state index >= 15 is 0 Å². The highest BCUT2D eigenvalue weighted by Crippen LogP contribution is 2.26. The second kappa shape index (κ2) is 9.47. The molecule has 150 valence electrons. The van der Waals surface area contributed by atoms with Crippen molar-refractivity contribution in [3.05, 3.63) is 76.2 Å². The number of nitrogens with one attached hydrogen (secondary N) is 1. The van der Waals surface area contributed by atoms with E-state index < -0.39 is 10.9 Å². The van der Waals surface area contributed by atoms with Crippen molar-refractivity contribution in [3.63, 3.8) is 0 Å². The number of benzene rings is 2. The number of nitro groups is 1. The van der Waals surface area contributed by atoms with Gasteiger partial charge in [-0.3, -0.25) is 10.1 Å². The average Bonchev–Trinajstić information content (AvgIpc) is 3.22. The molecule has 1 heterocycles. The molecule has 1 N–H and O–H groups in total. The molecule has 1 aromatic heterocycles. The maximum atomic E-state index is 12.3. The molecule has 0 bridgehead atoms. The number of nitro benzene ring substituents is 1. The third kappa shape index (κ3) is 5.17. The quantitative estimate of drug-likeness (QED) is 0.252. The molecule has 0 aliphatic carbocycles. The van der Waals surface area contributed by atoms with Gasteiger partial charge in [0.1, 0.15) is 24.3 Å². The zero-order valence-electron chi connectivity index (χ0n) is 15.7. The molecule has 0 unspecified atom stereocenters. The number of methoxy groups -OCH3 is 1. The van der Waals surface area contributed by atoms with Gasteiger partial charge in [0, 0.05) is 25.3 Å². The van der Waals surface area contributed by atoms with Crippen LogP contribution < -0.4 is 5.32 Å². The molecule has 29 heavy (non-hydrogen) atoms. The number of anilines is 1. The predicted octanol–water partition coefficient (Wildman–Crippen LogP) is 3.67. The van der Waals surface area contributed by atoms with Crippen molar-refractivity contribution in [1.82, 2.24) is 4.98 Å². The summed E-state index contributed by atoms with van der Waals surface area (Å²) in [7, 11) is 1.53. The van der Waals surface area contributed by atoms with Crippen LogP contribution in [0.5, 0.6) is 0 Å². The Morgan fingerprint density at radius 1 is 1.24 bits per heavy atom. The van der Waals surface area contributed by atoms with Crippen LogP contribution in [-0.2, 0) is 16.1 Å². The van der Waals surface area contributed by atoms with Gasteiger partial charge in [-0.05, 0) is 24.3 Å². The predicted molar refractivity (Wildman–Crippen MR) is 105 cm³/mol. The third-order valence-corrected chi connectivity index (χ3v) is 3.98. The second-order valence-corrected chi connectivity index (χ2v) is 5.99. The SMILES string of the molecule is COCCNc1ccc(C(=O)OCc2coc(-c3ccccc3)n2)cc1[N+](=O)[O-]. The van der Waals surface area contributed by atoms with E-state index in [4.69, 9.17) is 13.9 Å². The minimum absolute atomic E-state index is 0.0702. The number of hydrogen-bond donors (Lipinski definition) is 1. The first kappa shape index (κ1) is 20.0. The highest BCUT2D eigenvalue weighted by molar-refractivity contribution is 5.91. The summed E-state index contributed by atoms with van der Waals surface area (Å²) in [5.41, 5.74) is 1.39. The van der Waals surface area contributed by atoms with E-state index in [1.54, 1.807) is 0 Å². The first-order valence-electron chi connectivity index (χ1n) is 8.76. The van der Waals surface area contributed by atoms with Crippen LogP contribution in [-0.4, -0.2) is 36.1 Å². The zero-order valence-corrected chi connectivity index (χ0v) is 15.7. The lowest BCUT2D eigenvalue weighted by molar-refractivity contribution is -0.384. The van der Waals surface area contributed by atoms with E-state index in [-0.39, 0.29) is 17.9 Å². The normalized spacial score (nSPS) is 10.5. The van der Waals surface area contributed by atoms with Gasteiger partial charge in [0.25, 0.3) is 5.69 Å². The van der Waals surface area contributed by atoms with Gasteiger partial charge in [0.15, 0.2) is 0 Å². The van der Waals surface area contributed by atoms with Crippen molar-refractivity contribution >= 4 is 17.3 Å². The van der Waals surface area contributed by atoms with E-state index in [9.17, 15) is 14.9 Å². The molecule has 0 saturated heterocycles. The van der Waals surface area contributed by atoms with E-state index in [0.717, 1.165) is 5.56 Å². The van der Waals surface area contributed by atoms with Gasteiger partial charge in [0.05, 0.1) is 17.1 Å². The number of aromatic nitrogens is 1. The van der Waals surface area contributed by atoms with Crippen LogP contribution in [0.2, 0.25) is 0 Å². The molecule has 2 aromatic carbocycles. The number of ether oxygens (including phenoxy) is 2. The van der Waals surface area contributed by atoms with Gasteiger partial charge in [0.2, 0.25) is 5.89 Å². The van der Waals surface area contributed by atoms with Crippen LogP contribution in [0.25, 0.3) is 11.5 Å². The topological polar surface area (TPSA) is 117 Å². The van der Waals surface area contributed by atoms with Gasteiger partial charge in [-0.15, -0.1) is 0 Å². The number of carbonyl (C=O) groups excluding carboxylic acids is 1. The standard InChI is InChI=1S/C20H19N3O6/c1-27-10-9-21-17-8-7-15(11-18(17)23(25)26)20(24)29-13-16-12-28-19(22-16)14-5-3-2-4-6-14/h2-8,11-12,21H,9-10,13H2,1H3. The monoisotopic (exact) mass is 397 g/mol. The summed E-state index contributed by atoms with van der Waals surface area (Å²) in [5.74, 6) is -0.278. The Morgan fingerprint density at radius 3 is 2.76 bits per heavy atom. The Labute approximate surface area is 166 Å². The fourth-order valence-electron chi connectivity index (χ4n) is 2.56. The Morgan fingerprint density at radius 2 is 2.03 bits per heavy atom. The number of nitrogens with zero attached hydrogens (tertiary/aromatic N) is 2. The molecular weight excluding hydrogens is 378 g/mol. The first-order chi connectivity index (χ1) is 14.1. The molecule has 0 spiro atoms. The molecule has 0 saturated carbocycles. The number of esters is 1. The molecule has 9 nitrogen and oxygen atoms in total. The van der Waals surface area contributed by atoms with Crippen LogP contribution in [0.3, 0.4) is 0 Å². The van der Waals surface area contributed by atoms with Gasteiger partial charge in [-0.25, -0.2) is 9.78 Å². The Kier molecular flexibility index (Phi) is 6.54.